The summed E-state index contributed by atoms with van der Waals surface area (Å²) in [5.74, 6) is 4.87. The Balaban J connectivity index is 0.928. The largest absolute Gasteiger partial charge is 0.490 e. The molecule has 1 aliphatic rings. The molecule has 358 valence electrons. The second-order valence-electron chi connectivity index (χ2n) is 17.9. The van der Waals surface area contributed by atoms with Crippen molar-refractivity contribution in [2.45, 2.75) is 111 Å². The summed E-state index contributed by atoms with van der Waals surface area (Å²) in [6.07, 6.45) is 2.02. The number of aliphatic hydroxyl groups excluding tert-OH is 1. The van der Waals surface area contributed by atoms with Crippen LogP contribution in [0.4, 0.5) is 5.82 Å². The van der Waals surface area contributed by atoms with Crippen LogP contribution in [0.5, 0.6) is 5.75 Å². The first-order valence-corrected chi connectivity index (χ1v) is 23.1. The third-order valence-electron chi connectivity index (χ3n) is 10.9. The van der Waals surface area contributed by atoms with Crippen LogP contribution in [0.25, 0.3) is 33.0 Å². The number of nitrogen functional groups attached to an aromatic ring is 1. The summed E-state index contributed by atoms with van der Waals surface area (Å²) >= 11 is 1.56. The second-order valence-corrected chi connectivity index (χ2v) is 18.8. The van der Waals surface area contributed by atoms with Gasteiger partial charge in [-0.3, -0.25) is 19.2 Å². The Bertz CT molecular complexity index is 2600. The number of thiazole rings is 1. The fraction of sp³-hybridized carbons (Fsp3) is 0.500. The predicted molar refractivity (Wildman–Crippen MR) is 251 cm³/mol. The number of β-amino-alcohol motifs (C(OH)–C–C–N with tert-alkyl or cyclic N) is 1. The summed E-state index contributed by atoms with van der Waals surface area (Å²) in [4.78, 5) is 69.2. The van der Waals surface area contributed by atoms with Gasteiger partial charge in [-0.2, -0.15) is 0 Å². The van der Waals surface area contributed by atoms with Crippen molar-refractivity contribution < 1.29 is 38.8 Å². The zero-order valence-electron chi connectivity index (χ0n) is 38.9. The molecule has 6 rings (SSSR count). The number of nitrogens with one attached hydrogen (secondary N) is 4. The Morgan fingerprint density at radius 3 is 2.45 bits per heavy atom. The van der Waals surface area contributed by atoms with Gasteiger partial charge in [0.25, 0.3) is 0 Å². The highest BCUT2D eigenvalue weighted by Gasteiger charge is 2.44. The number of ether oxygens (including phenoxy) is 1. The molecule has 3 atom stereocenters. The molecule has 1 aliphatic heterocycles. The Kier molecular flexibility index (Phi) is 16.3. The molecule has 0 spiro atoms. The van der Waals surface area contributed by atoms with Crippen molar-refractivity contribution in [3.8, 4) is 39.5 Å². The molecule has 0 radical (unpaired) electrons. The number of carbonyl (C=O) groups is 4. The highest BCUT2D eigenvalue weighted by Crippen LogP contribution is 2.34. The Hall–Kier alpha value is -6.47. The van der Waals surface area contributed by atoms with E-state index in [4.69, 9.17) is 20.1 Å². The van der Waals surface area contributed by atoms with Crippen LogP contribution in [0.3, 0.4) is 0 Å². The zero-order chi connectivity index (χ0) is 48.5. The number of fused-ring (bicyclic) bond motifs is 1. The summed E-state index contributed by atoms with van der Waals surface area (Å²) < 4.78 is 12.8. The standard InChI is InChI=1S/C46H60N12O8S/c1-8-57-38-33(23-49-31(16-17-46(6,7)64)36(38)54-42(57)37-41(47)56-66-55-37)65-20-10-19-48-18-9-11-34(60)50-24-35(61)53-40(45(3,4)5)44(63)58-25-30(59)21-32(58)43(62)51-22-28-12-14-29(15-13-28)39-27(2)52-26-67-39/h12-15,23,26,30,32,40,48,59,64H,8-11,18-22,24-25H2,1-7H3,(H2,47,56)(H,50,60)(H,51,62)(H,53,61)/t30-,32+,40-/m1/s1. The van der Waals surface area contributed by atoms with Gasteiger partial charge in [0.1, 0.15) is 34.4 Å². The van der Waals surface area contributed by atoms with Gasteiger partial charge in [0, 0.05) is 32.5 Å². The van der Waals surface area contributed by atoms with Gasteiger partial charge in [0.15, 0.2) is 23.1 Å². The lowest BCUT2D eigenvalue weighted by Crippen LogP contribution is -2.58. The number of hydrogen-bond acceptors (Lipinski definition) is 16. The van der Waals surface area contributed by atoms with Crippen LogP contribution in [0.15, 0.2) is 40.6 Å². The Morgan fingerprint density at radius 2 is 1.79 bits per heavy atom. The number of nitrogens with zero attached hydrogens (tertiary/aromatic N) is 7. The van der Waals surface area contributed by atoms with Crippen LogP contribution < -0.4 is 31.7 Å². The third-order valence-corrected chi connectivity index (χ3v) is 11.9. The fourth-order valence-electron chi connectivity index (χ4n) is 7.50. The highest BCUT2D eigenvalue weighted by atomic mass is 32.1. The van der Waals surface area contributed by atoms with Crippen molar-refractivity contribution in [3.63, 3.8) is 0 Å². The smallest absolute Gasteiger partial charge is 0.246 e. The van der Waals surface area contributed by atoms with Gasteiger partial charge in [-0.15, -0.1) is 11.3 Å². The van der Waals surface area contributed by atoms with Crippen molar-refractivity contribution in [2.75, 3.05) is 38.5 Å². The normalized spacial score (nSPS) is 15.5. The monoisotopic (exact) mass is 940 g/mol. The number of likely N-dealkylation sites (tertiary alicyclic amines) is 1. The Labute approximate surface area is 392 Å². The van der Waals surface area contributed by atoms with Crippen LogP contribution in [-0.2, 0) is 32.3 Å². The van der Waals surface area contributed by atoms with Gasteiger partial charge in [-0.25, -0.2) is 19.6 Å². The summed E-state index contributed by atoms with van der Waals surface area (Å²) in [6.45, 7) is 14.2. The van der Waals surface area contributed by atoms with E-state index in [-0.39, 0.29) is 49.9 Å². The van der Waals surface area contributed by atoms with Crippen molar-refractivity contribution >= 4 is 51.8 Å². The van der Waals surface area contributed by atoms with E-state index in [1.54, 1.807) is 57.7 Å². The molecule has 0 saturated carbocycles. The van der Waals surface area contributed by atoms with Gasteiger partial charge < -0.3 is 51.4 Å². The van der Waals surface area contributed by atoms with E-state index in [1.807, 2.05) is 42.7 Å². The molecule has 4 amide bonds. The van der Waals surface area contributed by atoms with Gasteiger partial charge in [-0.05, 0) is 86.4 Å². The number of hydrogen-bond donors (Lipinski definition) is 7. The quantitative estimate of drug-likeness (QED) is 0.0463. The molecule has 0 aliphatic carbocycles. The van der Waals surface area contributed by atoms with Crippen LogP contribution in [0.1, 0.15) is 84.2 Å². The Morgan fingerprint density at radius 1 is 1.04 bits per heavy atom. The molecule has 67 heavy (non-hydrogen) atoms. The molecule has 1 fully saturated rings. The molecule has 5 aromatic rings. The van der Waals surface area contributed by atoms with E-state index in [2.05, 4.69) is 53.4 Å². The molecule has 21 heteroatoms. The number of amides is 4. The molecule has 0 unspecified atom stereocenters. The number of aryl methyl sites for hydroxylation is 2. The fourth-order valence-corrected chi connectivity index (χ4v) is 8.31. The van der Waals surface area contributed by atoms with E-state index in [0.29, 0.717) is 67.4 Å². The molecule has 0 bridgehead atoms. The molecule has 1 aromatic carbocycles. The number of benzene rings is 1. The number of aliphatic hydroxyl groups is 2. The molecular weight excluding hydrogens is 881 g/mol. The molecule has 8 N–H and O–H groups in total. The topological polar surface area (TPSA) is 278 Å². The molecule has 4 aromatic heterocycles. The van der Waals surface area contributed by atoms with Crippen molar-refractivity contribution in [3.05, 3.63) is 52.9 Å². The van der Waals surface area contributed by atoms with Crippen LogP contribution in [-0.4, -0.2) is 125 Å². The third kappa shape index (κ3) is 12.9. The summed E-state index contributed by atoms with van der Waals surface area (Å²) in [5, 5.41) is 40.0. The maximum Gasteiger partial charge on any atom is 0.246 e. The van der Waals surface area contributed by atoms with Crippen LogP contribution in [0, 0.1) is 24.2 Å². The molecule has 20 nitrogen and oxygen atoms in total. The van der Waals surface area contributed by atoms with Gasteiger partial charge >= 0.3 is 0 Å². The average Bonchev–Trinajstić information content (AvgIpc) is 4.09. The van der Waals surface area contributed by atoms with Crippen molar-refractivity contribution in [1.29, 1.82) is 0 Å². The predicted octanol–water partition coefficient (Wildman–Crippen LogP) is 2.70. The van der Waals surface area contributed by atoms with Crippen molar-refractivity contribution in [2.24, 2.45) is 5.41 Å². The first-order chi connectivity index (χ1) is 31.8. The van der Waals surface area contributed by atoms with E-state index in [0.717, 1.165) is 21.7 Å². The molecular formula is C46H60N12O8S. The number of anilines is 1. The number of pyridine rings is 1. The molecule has 1 saturated heterocycles. The average molecular weight is 941 g/mol. The van der Waals surface area contributed by atoms with E-state index < -0.39 is 46.9 Å². The minimum atomic E-state index is -1.25. The summed E-state index contributed by atoms with van der Waals surface area (Å²) in [5.41, 5.74) is 10.3. The molecule has 5 heterocycles. The zero-order valence-corrected chi connectivity index (χ0v) is 39.8. The maximum absolute atomic E-state index is 14.0. The van der Waals surface area contributed by atoms with Gasteiger partial charge in [0.2, 0.25) is 23.6 Å². The lowest BCUT2D eigenvalue weighted by atomic mass is 9.85. The van der Waals surface area contributed by atoms with E-state index in [9.17, 15) is 29.4 Å². The minimum absolute atomic E-state index is 0.0530. The number of carbonyl (C=O) groups excluding carboxylic acids is 4. The lowest BCUT2D eigenvalue weighted by molar-refractivity contribution is -0.144. The highest BCUT2D eigenvalue weighted by molar-refractivity contribution is 7.13. The second kappa shape index (κ2) is 21.9. The SMILES string of the molecule is CCn1c(-c2nonc2N)nc2c(C#CC(C)(C)O)ncc(OCCCNCCCC(=O)NCC(=O)N[C@H](C(=O)N3C[C@H](O)C[C@H]3C(=O)NCc3ccc(-c4scnc4C)cc3)C(C)(C)C)c21. The summed E-state index contributed by atoms with van der Waals surface area (Å²) in [6, 6.07) is 5.85. The number of aromatic nitrogens is 6. The first-order valence-electron chi connectivity index (χ1n) is 22.2. The van der Waals surface area contributed by atoms with Crippen LogP contribution >= 0.6 is 11.3 Å². The van der Waals surface area contributed by atoms with E-state index in [1.165, 1.54) is 4.90 Å². The number of imidazole rings is 1. The van der Waals surface area contributed by atoms with Crippen LogP contribution in [0.2, 0.25) is 0 Å². The first kappa shape index (κ1) is 50.0. The maximum atomic E-state index is 14.0. The number of rotatable bonds is 19. The summed E-state index contributed by atoms with van der Waals surface area (Å²) in [7, 11) is 0. The lowest BCUT2D eigenvalue weighted by Gasteiger charge is -2.35. The minimum Gasteiger partial charge on any atom is -0.490 e. The van der Waals surface area contributed by atoms with Gasteiger partial charge in [-0.1, -0.05) is 51.0 Å². The van der Waals surface area contributed by atoms with Gasteiger partial charge in [0.05, 0.1) is 41.5 Å². The van der Waals surface area contributed by atoms with Crippen molar-refractivity contribution in [1.82, 2.24) is 56.0 Å². The number of nitrogens with two attached hydrogens (primary N) is 1. The van der Waals surface area contributed by atoms with E-state index >= 15 is 0 Å².